The number of amides is 4. The summed E-state index contributed by atoms with van der Waals surface area (Å²) in [6.07, 6.45) is -3.89. The Hall–Kier alpha value is -1.80. The maximum absolute atomic E-state index is 12.5. The first kappa shape index (κ1) is 16.6. The van der Waals surface area contributed by atoms with E-state index >= 15 is 0 Å². The predicted octanol–water partition coefficient (Wildman–Crippen LogP) is 1.12. The first-order valence-corrected chi connectivity index (χ1v) is 7.21. The van der Waals surface area contributed by atoms with Crippen molar-refractivity contribution in [3.05, 3.63) is 0 Å². The smallest absolute Gasteiger partial charge is 0.343 e. The Morgan fingerprint density at radius 1 is 1.23 bits per heavy atom. The molecule has 124 valence electrons. The van der Waals surface area contributed by atoms with Crippen LogP contribution in [-0.4, -0.2) is 60.0 Å². The molecule has 6 nitrogen and oxygen atoms in total. The molecule has 2 aliphatic rings. The second-order valence-electron chi connectivity index (χ2n) is 5.50. The standard InChI is InChI=1S/C13H18F3N3O3/c14-13(15,16)9-3-6-18(7-4-9)10(20)2-1-5-19-11(21)8-17-12(19)22/h9H,1-8H2,(H,17,22). The number of hydrogen-bond donors (Lipinski definition) is 1. The average Bonchev–Trinajstić information content (AvgIpc) is 2.78. The van der Waals surface area contributed by atoms with E-state index in [1.807, 2.05) is 0 Å². The molecule has 0 aromatic carbocycles. The molecule has 0 saturated carbocycles. The number of likely N-dealkylation sites (tertiary alicyclic amines) is 1. The van der Waals surface area contributed by atoms with Gasteiger partial charge < -0.3 is 10.2 Å². The molecule has 2 rings (SSSR count). The number of halogens is 3. The Morgan fingerprint density at radius 3 is 2.36 bits per heavy atom. The Kier molecular flexibility index (Phi) is 4.92. The van der Waals surface area contributed by atoms with Gasteiger partial charge in [0, 0.05) is 26.1 Å². The monoisotopic (exact) mass is 321 g/mol. The van der Waals surface area contributed by atoms with Gasteiger partial charge in [-0.1, -0.05) is 0 Å². The maximum atomic E-state index is 12.5. The number of carbonyl (C=O) groups excluding carboxylic acids is 3. The molecule has 0 atom stereocenters. The average molecular weight is 321 g/mol. The van der Waals surface area contributed by atoms with Gasteiger partial charge in [-0.05, 0) is 19.3 Å². The number of nitrogens with one attached hydrogen (secondary N) is 1. The number of piperidine rings is 1. The number of imide groups is 1. The number of urea groups is 1. The second-order valence-corrected chi connectivity index (χ2v) is 5.50. The molecule has 2 heterocycles. The molecule has 2 aliphatic heterocycles. The van der Waals surface area contributed by atoms with Crippen LogP contribution in [0.25, 0.3) is 0 Å². The summed E-state index contributed by atoms with van der Waals surface area (Å²) in [6, 6.07) is -0.469. The molecule has 0 radical (unpaired) electrons. The third kappa shape index (κ3) is 3.89. The summed E-state index contributed by atoms with van der Waals surface area (Å²) < 4.78 is 37.6. The van der Waals surface area contributed by atoms with Crippen molar-refractivity contribution < 1.29 is 27.6 Å². The molecule has 2 fully saturated rings. The molecule has 4 amide bonds. The van der Waals surface area contributed by atoms with E-state index in [0.717, 1.165) is 4.90 Å². The van der Waals surface area contributed by atoms with E-state index in [1.54, 1.807) is 0 Å². The van der Waals surface area contributed by atoms with E-state index in [-0.39, 0.29) is 57.3 Å². The number of nitrogens with zero attached hydrogens (tertiary/aromatic N) is 2. The molecule has 0 spiro atoms. The fourth-order valence-corrected chi connectivity index (χ4v) is 2.68. The van der Waals surface area contributed by atoms with Crippen LogP contribution >= 0.6 is 0 Å². The van der Waals surface area contributed by atoms with Crippen LogP contribution in [0.4, 0.5) is 18.0 Å². The molecular formula is C13H18F3N3O3. The summed E-state index contributed by atoms with van der Waals surface area (Å²) in [7, 11) is 0. The van der Waals surface area contributed by atoms with Crippen LogP contribution in [0.2, 0.25) is 0 Å². The van der Waals surface area contributed by atoms with E-state index in [2.05, 4.69) is 5.32 Å². The molecule has 0 aromatic heterocycles. The largest absolute Gasteiger partial charge is 0.391 e. The quantitative estimate of drug-likeness (QED) is 0.789. The first-order valence-electron chi connectivity index (χ1n) is 7.21. The summed E-state index contributed by atoms with van der Waals surface area (Å²) in [6.45, 7) is 0.325. The molecular weight excluding hydrogens is 303 g/mol. The van der Waals surface area contributed by atoms with Crippen molar-refractivity contribution in [3.8, 4) is 0 Å². The summed E-state index contributed by atoms with van der Waals surface area (Å²) in [5.41, 5.74) is 0. The van der Waals surface area contributed by atoms with Crippen molar-refractivity contribution in [2.75, 3.05) is 26.2 Å². The van der Waals surface area contributed by atoms with Gasteiger partial charge in [0.1, 0.15) is 0 Å². The number of carbonyl (C=O) groups is 3. The Morgan fingerprint density at radius 2 is 1.86 bits per heavy atom. The SMILES string of the molecule is O=C(CCCN1C(=O)CNC1=O)N1CCC(C(F)(F)F)CC1. The zero-order valence-electron chi connectivity index (χ0n) is 12.0. The predicted molar refractivity (Wildman–Crippen MR) is 69.7 cm³/mol. The number of alkyl halides is 3. The third-order valence-corrected chi connectivity index (χ3v) is 4.02. The van der Waals surface area contributed by atoms with Crippen molar-refractivity contribution in [2.45, 2.75) is 31.9 Å². The Labute approximate surface area is 125 Å². The zero-order valence-corrected chi connectivity index (χ0v) is 12.0. The van der Waals surface area contributed by atoms with Gasteiger partial charge in [-0.15, -0.1) is 0 Å². The van der Waals surface area contributed by atoms with Crippen molar-refractivity contribution in [1.29, 1.82) is 0 Å². The highest BCUT2D eigenvalue weighted by atomic mass is 19.4. The molecule has 0 aliphatic carbocycles. The van der Waals surface area contributed by atoms with Gasteiger partial charge in [-0.2, -0.15) is 13.2 Å². The van der Waals surface area contributed by atoms with Crippen LogP contribution in [0.3, 0.4) is 0 Å². The van der Waals surface area contributed by atoms with Crippen LogP contribution in [0, 0.1) is 5.92 Å². The fraction of sp³-hybridized carbons (Fsp3) is 0.769. The summed E-state index contributed by atoms with van der Waals surface area (Å²) >= 11 is 0. The minimum absolute atomic E-state index is 0.0300. The molecule has 0 bridgehead atoms. The second kappa shape index (κ2) is 6.53. The minimum Gasteiger partial charge on any atom is -0.343 e. The van der Waals surface area contributed by atoms with Gasteiger partial charge in [0.25, 0.3) is 0 Å². The summed E-state index contributed by atoms with van der Waals surface area (Å²) in [5.74, 6) is -1.89. The lowest BCUT2D eigenvalue weighted by Gasteiger charge is -2.33. The highest BCUT2D eigenvalue weighted by Crippen LogP contribution is 2.34. The Balaban J connectivity index is 1.70. The van der Waals surface area contributed by atoms with Crippen molar-refractivity contribution in [3.63, 3.8) is 0 Å². The van der Waals surface area contributed by atoms with E-state index < -0.39 is 18.1 Å². The topological polar surface area (TPSA) is 69.7 Å². The highest BCUT2D eigenvalue weighted by molar-refractivity contribution is 6.01. The van der Waals surface area contributed by atoms with Crippen LogP contribution < -0.4 is 5.32 Å². The van der Waals surface area contributed by atoms with Crippen LogP contribution in [-0.2, 0) is 9.59 Å². The van der Waals surface area contributed by atoms with Gasteiger partial charge >= 0.3 is 12.2 Å². The highest BCUT2D eigenvalue weighted by Gasteiger charge is 2.41. The zero-order chi connectivity index (χ0) is 16.3. The van der Waals surface area contributed by atoms with Crippen LogP contribution in [0.5, 0.6) is 0 Å². The lowest BCUT2D eigenvalue weighted by molar-refractivity contribution is -0.186. The van der Waals surface area contributed by atoms with Crippen molar-refractivity contribution in [2.24, 2.45) is 5.92 Å². The van der Waals surface area contributed by atoms with Gasteiger partial charge in [0.2, 0.25) is 11.8 Å². The summed E-state index contributed by atoms with van der Waals surface area (Å²) in [4.78, 5) is 37.0. The number of rotatable bonds is 4. The van der Waals surface area contributed by atoms with E-state index in [4.69, 9.17) is 0 Å². The molecule has 0 unspecified atom stereocenters. The summed E-state index contributed by atoms with van der Waals surface area (Å²) in [5, 5.41) is 2.38. The molecule has 22 heavy (non-hydrogen) atoms. The lowest BCUT2D eigenvalue weighted by Crippen LogP contribution is -2.42. The lowest BCUT2D eigenvalue weighted by atomic mass is 9.96. The molecule has 0 aromatic rings. The Bertz CT molecular complexity index is 443. The molecule has 2 saturated heterocycles. The van der Waals surface area contributed by atoms with Crippen molar-refractivity contribution in [1.82, 2.24) is 15.1 Å². The molecule has 9 heteroatoms. The fourth-order valence-electron chi connectivity index (χ4n) is 2.68. The van der Waals surface area contributed by atoms with Gasteiger partial charge in [0.05, 0.1) is 12.5 Å². The van der Waals surface area contributed by atoms with Gasteiger partial charge in [0.15, 0.2) is 0 Å². The van der Waals surface area contributed by atoms with Gasteiger partial charge in [-0.3, -0.25) is 14.5 Å². The van der Waals surface area contributed by atoms with E-state index in [1.165, 1.54) is 4.90 Å². The number of hydrogen-bond acceptors (Lipinski definition) is 3. The van der Waals surface area contributed by atoms with Gasteiger partial charge in [-0.25, -0.2) is 4.79 Å². The maximum Gasteiger partial charge on any atom is 0.391 e. The van der Waals surface area contributed by atoms with Crippen molar-refractivity contribution >= 4 is 17.8 Å². The normalized spacial score (nSPS) is 20.5. The van der Waals surface area contributed by atoms with E-state index in [9.17, 15) is 27.6 Å². The third-order valence-electron chi connectivity index (χ3n) is 4.02. The van der Waals surface area contributed by atoms with E-state index in [0.29, 0.717) is 6.42 Å². The first-order chi connectivity index (χ1) is 10.3. The van der Waals surface area contributed by atoms with Crippen LogP contribution in [0.15, 0.2) is 0 Å². The minimum atomic E-state index is -4.20. The van der Waals surface area contributed by atoms with Crippen LogP contribution in [0.1, 0.15) is 25.7 Å². The molecule has 1 N–H and O–H groups in total.